The van der Waals surface area contributed by atoms with E-state index in [2.05, 4.69) is 23.7 Å². The van der Waals surface area contributed by atoms with Crippen LogP contribution in [-0.4, -0.2) is 31.5 Å². The highest BCUT2D eigenvalue weighted by atomic mass is 35.5. The highest BCUT2D eigenvalue weighted by Crippen LogP contribution is 2.29. The van der Waals surface area contributed by atoms with E-state index in [1.54, 1.807) is 31.5 Å². The molecule has 0 saturated heterocycles. The second-order valence-corrected chi connectivity index (χ2v) is 5.40. The summed E-state index contributed by atoms with van der Waals surface area (Å²) in [7, 11) is 1.57. The number of nitrogens with zero attached hydrogens (tertiary/aromatic N) is 2. The maximum Gasteiger partial charge on any atom is 0.137 e. The Kier molecular flexibility index (Phi) is 5.88. The number of aliphatic imine (C=N–C) groups is 1. The summed E-state index contributed by atoms with van der Waals surface area (Å²) in [6, 6.07) is 10.9. The van der Waals surface area contributed by atoms with Crippen LogP contribution < -0.4 is 9.64 Å². The van der Waals surface area contributed by atoms with E-state index in [9.17, 15) is 5.11 Å². The lowest BCUT2D eigenvalue weighted by molar-refractivity contribution is 0.415. The Morgan fingerprint density at radius 3 is 2.48 bits per heavy atom. The molecule has 0 aliphatic rings. The summed E-state index contributed by atoms with van der Waals surface area (Å²) in [5.74, 6) is 0.815. The molecule has 5 heteroatoms. The monoisotopic (exact) mass is 332 g/mol. The molecule has 0 aliphatic carbocycles. The van der Waals surface area contributed by atoms with E-state index < -0.39 is 0 Å². The van der Waals surface area contributed by atoms with Crippen molar-refractivity contribution in [1.29, 1.82) is 0 Å². The van der Waals surface area contributed by atoms with Gasteiger partial charge in [0.1, 0.15) is 11.5 Å². The van der Waals surface area contributed by atoms with E-state index in [-0.39, 0.29) is 5.75 Å². The standard InChI is InChI=1S/C18H21ClN2O2/c1-4-21(5-2)15-8-6-13(17(22)11-15)12-20-14-7-9-18(23-3)16(19)10-14/h6-12,22H,4-5H2,1-3H3. The summed E-state index contributed by atoms with van der Waals surface area (Å²) >= 11 is 6.08. The Hall–Kier alpha value is -2.20. The number of aromatic hydroxyl groups is 1. The van der Waals surface area contributed by atoms with E-state index >= 15 is 0 Å². The zero-order chi connectivity index (χ0) is 16.8. The summed E-state index contributed by atoms with van der Waals surface area (Å²) < 4.78 is 5.11. The second-order valence-electron chi connectivity index (χ2n) is 4.99. The predicted octanol–water partition coefficient (Wildman–Crippen LogP) is 4.65. The summed E-state index contributed by atoms with van der Waals surface area (Å²) in [4.78, 5) is 6.52. The van der Waals surface area contributed by atoms with Gasteiger partial charge in [0, 0.05) is 36.6 Å². The van der Waals surface area contributed by atoms with E-state index in [1.807, 2.05) is 18.2 Å². The lowest BCUT2D eigenvalue weighted by atomic mass is 10.2. The van der Waals surface area contributed by atoms with Crippen LogP contribution >= 0.6 is 11.6 Å². The van der Waals surface area contributed by atoms with Crippen molar-refractivity contribution in [2.75, 3.05) is 25.1 Å². The number of phenols is 1. The number of halogens is 1. The average molecular weight is 333 g/mol. The quantitative estimate of drug-likeness (QED) is 0.783. The van der Waals surface area contributed by atoms with Crippen molar-refractivity contribution < 1.29 is 9.84 Å². The third-order valence-corrected chi connectivity index (χ3v) is 3.93. The van der Waals surface area contributed by atoms with Crippen molar-refractivity contribution in [3.63, 3.8) is 0 Å². The molecule has 23 heavy (non-hydrogen) atoms. The van der Waals surface area contributed by atoms with Crippen molar-refractivity contribution in [2.24, 2.45) is 4.99 Å². The molecule has 0 amide bonds. The molecule has 0 heterocycles. The molecule has 0 saturated carbocycles. The van der Waals surface area contributed by atoms with Crippen LogP contribution in [0.2, 0.25) is 5.02 Å². The van der Waals surface area contributed by atoms with Crippen molar-refractivity contribution in [3.8, 4) is 11.5 Å². The average Bonchev–Trinajstić information content (AvgIpc) is 2.55. The van der Waals surface area contributed by atoms with Crippen LogP contribution in [-0.2, 0) is 0 Å². The molecule has 2 aromatic rings. The van der Waals surface area contributed by atoms with Crippen LogP contribution in [0.25, 0.3) is 0 Å². The van der Waals surface area contributed by atoms with Gasteiger partial charge in [-0.15, -0.1) is 0 Å². The fourth-order valence-electron chi connectivity index (χ4n) is 2.31. The largest absolute Gasteiger partial charge is 0.507 e. The molecule has 0 fully saturated rings. The lowest BCUT2D eigenvalue weighted by Crippen LogP contribution is -2.21. The predicted molar refractivity (Wildman–Crippen MR) is 96.9 cm³/mol. The van der Waals surface area contributed by atoms with Gasteiger partial charge in [0.25, 0.3) is 0 Å². The Bertz CT molecular complexity index is 697. The van der Waals surface area contributed by atoms with Crippen molar-refractivity contribution >= 4 is 29.2 Å². The van der Waals surface area contributed by atoms with E-state index in [4.69, 9.17) is 16.3 Å². The van der Waals surface area contributed by atoms with Crippen molar-refractivity contribution in [2.45, 2.75) is 13.8 Å². The Balaban J connectivity index is 2.21. The molecule has 0 radical (unpaired) electrons. The Morgan fingerprint density at radius 1 is 1.17 bits per heavy atom. The van der Waals surface area contributed by atoms with E-state index in [1.165, 1.54) is 0 Å². The van der Waals surface area contributed by atoms with Crippen LogP contribution in [0.4, 0.5) is 11.4 Å². The van der Waals surface area contributed by atoms with Gasteiger partial charge in [-0.3, -0.25) is 4.99 Å². The number of benzene rings is 2. The molecule has 4 nitrogen and oxygen atoms in total. The molecular weight excluding hydrogens is 312 g/mol. The highest BCUT2D eigenvalue weighted by molar-refractivity contribution is 6.32. The van der Waals surface area contributed by atoms with Gasteiger partial charge in [0.15, 0.2) is 0 Å². The maximum absolute atomic E-state index is 10.2. The van der Waals surface area contributed by atoms with Crippen LogP contribution in [0.5, 0.6) is 11.5 Å². The van der Waals surface area contributed by atoms with E-state index in [0.717, 1.165) is 18.8 Å². The fourth-order valence-corrected chi connectivity index (χ4v) is 2.56. The number of ether oxygens (including phenoxy) is 1. The molecule has 0 atom stereocenters. The van der Waals surface area contributed by atoms with Crippen LogP contribution in [0.3, 0.4) is 0 Å². The summed E-state index contributed by atoms with van der Waals surface area (Å²) in [5, 5.41) is 10.7. The molecular formula is C18H21ClN2O2. The molecule has 2 aromatic carbocycles. The molecule has 0 spiro atoms. The smallest absolute Gasteiger partial charge is 0.137 e. The summed E-state index contributed by atoms with van der Waals surface area (Å²) in [5.41, 5.74) is 2.35. The molecule has 0 unspecified atom stereocenters. The number of hydrogen-bond acceptors (Lipinski definition) is 4. The minimum atomic E-state index is 0.206. The van der Waals surface area contributed by atoms with Gasteiger partial charge >= 0.3 is 0 Å². The molecule has 0 aromatic heterocycles. The SMILES string of the molecule is CCN(CC)c1ccc(C=Nc2ccc(OC)c(Cl)c2)c(O)c1. The molecule has 1 N–H and O–H groups in total. The number of hydrogen-bond donors (Lipinski definition) is 1. The van der Waals surface area contributed by atoms with Gasteiger partial charge in [0.2, 0.25) is 0 Å². The summed E-state index contributed by atoms with van der Waals surface area (Å²) in [6.07, 6.45) is 1.62. The highest BCUT2D eigenvalue weighted by Gasteiger charge is 2.06. The van der Waals surface area contributed by atoms with Gasteiger partial charge in [-0.05, 0) is 44.2 Å². The fraction of sp³-hybridized carbons (Fsp3) is 0.278. The van der Waals surface area contributed by atoms with Gasteiger partial charge < -0.3 is 14.7 Å². The van der Waals surface area contributed by atoms with Crippen molar-refractivity contribution in [3.05, 3.63) is 47.0 Å². The zero-order valence-electron chi connectivity index (χ0n) is 13.6. The number of phenolic OH excluding ortho intramolecular Hbond substituents is 1. The zero-order valence-corrected chi connectivity index (χ0v) is 14.3. The minimum absolute atomic E-state index is 0.206. The van der Waals surface area contributed by atoms with Gasteiger partial charge in [-0.25, -0.2) is 0 Å². The molecule has 0 bridgehead atoms. The van der Waals surface area contributed by atoms with E-state index in [0.29, 0.717) is 22.0 Å². The Morgan fingerprint density at radius 2 is 1.91 bits per heavy atom. The topological polar surface area (TPSA) is 45.1 Å². The van der Waals surface area contributed by atoms with Crippen molar-refractivity contribution in [1.82, 2.24) is 0 Å². The first kappa shape index (κ1) is 17.2. The first-order valence-corrected chi connectivity index (χ1v) is 7.92. The molecule has 2 rings (SSSR count). The second kappa shape index (κ2) is 7.88. The van der Waals surface area contributed by atoms with Gasteiger partial charge in [-0.1, -0.05) is 11.6 Å². The maximum atomic E-state index is 10.2. The van der Waals surface area contributed by atoms with Crippen LogP contribution in [0.15, 0.2) is 41.4 Å². The van der Waals surface area contributed by atoms with Gasteiger partial charge in [0.05, 0.1) is 17.8 Å². The van der Waals surface area contributed by atoms with Crippen LogP contribution in [0, 0.1) is 0 Å². The number of methoxy groups -OCH3 is 1. The third-order valence-electron chi connectivity index (χ3n) is 3.63. The minimum Gasteiger partial charge on any atom is -0.507 e. The number of anilines is 1. The van der Waals surface area contributed by atoms with Crippen LogP contribution in [0.1, 0.15) is 19.4 Å². The number of rotatable bonds is 6. The lowest BCUT2D eigenvalue weighted by Gasteiger charge is -2.21. The summed E-state index contributed by atoms with van der Waals surface area (Å²) in [6.45, 7) is 5.97. The first-order valence-electron chi connectivity index (χ1n) is 7.54. The first-order chi connectivity index (χ1) is 11.1. The third kappa shape index (κ3) is 4.17. The molecule has 122 valence electrons. The van der Waals surface area contributed by atoms with Gasteiger partial charge in [-0.2, -0.15) is 0 Å². The normalized spacial score (nSPS) is 11.0. The Labute approximate surface area is 142 Å². The molecule has 0 aliphatic heterocycles.